The average molecular weight is 401 g/mol. The third kappa shape index (κ3) is 4.78. The van der Waals surface area contributed by atoms with E-state index in [2.05, 4.69) is 15.3 Å². The minimum absolute atomic E-state index is 0.0000174. The predicted molar refractivity (Wildman–Crippen MR) is 101 cm³/mol. The van der Waals surface area contributed by atoms with Gasteiger partial charge in [-0.15, -0.1) is 0 Å². The maximum Gasteiger partial charge on any atom is 0.418 e. The average Bonchev–Trinajstić information content (AvgIpc) is 2.73. The molecule has 1 unspecified atom stereocenters. The summed E-state index contributed by atoms with van der Waals surface area (Å²) in [6.45, 7) is 1.67. The molecule has 0 aliphatic carbocycles. The molecule has 0 fully saturated rings. The molecule has 150 valence electrons. The molecule has 3 rings (SSSR count). The number of aliphatic hydroxyl groups excluding tert-OH is 1. The van der Waals surface area contributed by atoms with Crippen LogP contribution in [0.15, 0.2) is 67.0 Å². The highest BCUT2D eigenvalue weighted by atomic mass is 19.4. The van der Waals surface area contributed by atoms with Gasteiger partial charge in [-0.2, -0.15) is 13.2 Å². The maximum atomic E-state index is 13.4. The molecule has 0 spiro atoms. The van der Waals surface area contributed by atoms with Crippen molar-refractivity contribution in [3.8, 4) is 0 Å². The van der Waals surface area contributed by atoms with Gasteiger partial charge in [0.2, 0.25) is 5.78 Å². The summed E-state index contributed by atoms with van der Waals surface area (Å²) in [6, 6.07) is 13.0. The number of halogens is 3. The van der Waals surface area contributed by atoms with Gasteiger partial charge in [0.15, 0.2) is 0 Å². The minimum Gasteiger partial charge on any atom is -0.386 e. The van der Waals surface area contributed by atoms with Crippen LogP contribution in [0.25, 0.3) is 0 Å². The van der Waals surface area contributed by atoms with Gasteiger partial charge in [-0.1, -0.05) is 30.3 Å². The summed E-state index contributed by atoms with van der Waals surface area (Å²) < 4.78 is 40.2. The Labute approximate surface area is 165 Å². The van der Waals surface area contributed by atoms with Crippen molar-refractivity contribution >= 4 is 11.6 Å². The lowest BCUT2D eigenvalue weighted by Gasteiger charge is -2.22. The molecule has 0 aliphatic rings. The smallest absolute Gasteiger partial charge is 0.386 e. The fraction of sp³-hybridized carbons (Fsp3) is 0.190. The molecule has 0 amide bonds. The second-order valence-corrected chi connectivity index (χ2v) is 6.45. The Balaban J connectivity index is 1.92. The van der Waals surface area contributed by atoms with Gasteiger partial charge in [0.1, 0.15) is 11.5 Å². The Kier molecular flexibility index (Phi) is 5.93. The lowest BCUT2D eigenvalue weighted by Crippen LogP contribution is -2.25. The molecular formula is C21H18F3N3O2. The first-order valence-electron chi connectivity index (χ1n) is 8.80. The number of hydrogen-bond acceptors (Lipinski definition) is 5. The Morgan fingerprint density at radius 1 is 1.07 bits per heavy atom. The fourth-order valence-electron chi connectivity index (χ4n) is 2.83. The monoisotopic (exact) mass is 401 g/mol. The van der Waals surface area contributed by atoms with E-state index < -0.39 is 35.4 Å². The van der Waals surface area contributed by atoms with Crippen molar-refractivity contribution in [3.63, 3.8) is 0 Å². The summed E-state index contributed by atoms with van der Waals surface area (Å²) in [5.74, 6) is -0.835. The molecule has 2 aromatic heterocycles. The standard InChI is InChI=1S/C21H18F3N3O2/c1-13(19(28)14-6-3-2-4-7-14)26-17-10-9-16(21(22,23)24)18(27-17)20(29)15-8-5-11-25-12-15/h2-13,19,28H,1H3,(H,26,27)/t13?,19-/m1/s1. The largest absolute Gasteiger partial charge is 0.418 e. The van der Waals surface area contributed by atoms with Crippen LogP contribution in [0, 0.1) is 0 Å². The van der Waals surface area contributed by atoms with E-state index in [9.17, 15) is 23.1 Å². The molecule has 5 nitrogen and oxygen atoms in total. The zero-order chi connectivity index (χ0) is 21.0. The number of carbonyl (C=O) groups is 1. The van der Waals surface area contributed by atoms with E-state index in [0.29, 0.717) is 5.56 Å². The second-order valence-electron chi connectivity index (χ2n) is 6.45. The highest BCUT2D eigenvalue weighted by Gasteiger charge is 2.36. The molecule has 8 heteroatoms. The summed E-state index contributed by atoms with van der Waals surface area (Å²) in [7, 11) is 0. The molecule has 2 heterocycles. The molecule has 0 saturated heterocycles. The Morgan fingerprint density at radius 3 is 2.41 bits per heavy atom. The third-order valence-electron chi connectivity index (χ3n) is 4.33. The van der Waals surface area contributed by atoms with E-state index in [1.165, 1.54) is 24.5 Å². The van der Waals surface area contributed by atoms with Crippen molar-refractivity contribution in [1.29, 1.82) is 0 Å². The lowest BCUT2D eigenvalue weighted by molar-refractivity contribution is -0.138. The summed E-state index contributed by atoms with van der Waals surface area (Å²) in [4.78, 5) is 20.3. The molecule has 0 aliphatic heterocycles. The van der Waals surface area contributed by atoms with Crippen LogP contribution in [-0.4, -0.2) is 26.9 Å². The fourth-order valence-corrected chi connectivity index (χ4v) is 2.83. The summed E-state index contributed by atoms with van der Waals surface area (Å²) in [5, 5.41) is 13.3. The van der Waals surface area contributed by atoms with Gasteiger partial charge in [-0.05, 0) is 36.8 Å². The maximum absolute atomic E-state index is 13.4. The SMILES string of the molecule is CC(Nc1ccc(C(F)(F)F)c(C(=O)c2cccnc2)n1)[C@@H](O)c1ccccc1. The minimum atomic E-state index is -4.74. The van der Waals surface area contributed by atoms with Crippen molar-refractivity contribution < 1.29 is 23.1 Å². The summed E-state index contributed by atoms with van der Waals surface area (Å²) in [6.07, 6.45) is -3.06. The number of nitrogens with zero attached hydrogens (tertiary/aromatic N) is 2. The van der Waals surface area contributed by atoms with E-state index in [-0.39, 0.29) is 11.4 Å². The van der Waals surface area contributed by atoms with E-state index in [1.54, 1.807) is 31.2 Å². The van der Waals surface area contributed by atoms with E-state index >= 15 is 0 Å². The third-order valence-corrected chi connectivity index (χ3v) is 4.33. The van der Waals surface area contributed by atoms with E-state index in [0.717, 1.165) is 12.1 Å². The normalized spacial score (nSPS) is 13.6. The van der Waals surface area contributed by atoms with Crippen molar-refractivity contribution in [3.05, 3.63) is 89.4 Å². The number of alkyl halides is 3. The van der Waals surface area contributed by atoms with Crippen LogP contribution >= 0.6 is 0 Å². The highest BCUT2D eigenvalue weighted by molar-refractivity contribution is 6.08. The Morgan fingerprint density at radius 2 is 1.79 bits per heavy atom. The van der Waals surface area contributed by atoms with Gasteiger partial charge < -0.3 is 10.4 Å². The summed E-state index contributed by atoms with van der Waals surface area (Å²) >= 11 is 0. The number of ketones is 1. The van der Waals surface area contributed by atoms with Crippen LogP contribution in [0.2, 0.25) is 0 Å². The number of nitrogens with one attached hydrogen (secondary N) is 1. The molecule has 0 bridgehead atoms. The first-order valence-corrected chi connectivity index (χ1v) is 8.80. The van der Waals surface area contributed by atoms with Crippen LogP contribution in [0.1, 0.15) is 40.2 Å². The van der Waals surface area contributed by atoms with Crippen LogP contribution in [0.5, 0.6) is 0 Å². The number of benzene rings is 1. The number of carbonyl (C=O) groups excluding carboxylic acids is 1. The van der Waals surface area contributed by atoms with Crippen molar-refractivity contribution in [2.75, 3.05) is 5.32 Å². The zero-order valence-corrected chi connectivity index (χ0v) is 15.4. The number of hydrogen-bond donors (Lipinski definition) is 2. The molecule has 2 atom stereocenters. The van der Waals surface area contributed by atoms with Gasteiger partial charge in [-0.25, -0.2) is 4.98 Å². The molecule has 0 saturated carbocycles. The molecule has 1 aromatic carbocycles. The van der Waals surface area contributed by atoms with Gasteiger partial charge in [0, 0.05) is 18.0 Å². The zero-order valence-electron chi connectivity index (χ0n) is 15.4. The summed E-state index contributed by atoms with van der Waals surface area (Å²) in [5.41, 5.74) is -1.21. The van der Waals surface area contributed by atoms with E-state index in [1.807, 2.05) is 6.07 Å². The van der Waals surface area contributed by atoms with Crippen molar-refractivity contribution in [2.24, 2.45) is 0 Å². The topological polar surface area (TPSA) is 75.1 Å². The first kappa shape index (κ1) is 20.5. The van der Waals surface area contributed by atoms with E-state index in [4.69, 9.17) is 0 Å². The molecule has 0 radical (unpaired) electrons. The first-order chi connectivity index (χ1) is 13.8. The molecular weight excluding hydrogens is 383 g/mol. The predicted octanol–water partition coefficient (Wildman–Crippen LogP) is 4.26. The quantitative estimate of drug-likeness (QED) is 0.604. The Hall–Kier alpha value is -3.26. The van der Waals surface area contributed by atoms with Crippen molar-refractivity contribution in [1.82, 2.24) is 9.97 Å². The number of anilines is 1. The van der Waals surface area contributed by atoms with Crippen LogP contribution < -0.4 is 5.32 Å². The van der Waals surface area contributed by atoms with Gasteiger partial charge >= 0.3 is 6.18 Å². The van der Waals surface area contributed by atoms with Crippen LogP contribution in [-0.2, 0) is 6.18 Å². The number of rotatable bonds is 6. The molecule has 2 N–H and O–H groups in total. The number of pyridine rings is 2. The number of aliphatic hydroxyl groups is 1. The van der Waals surface area contributed by atoms with Crippen molar-refractivity contribution in [2.45, 2.75) is 25.2 Å². The highest BCUT2D eigenvalue weighted by Crippen LogP contribution is 2.33. The Bertz CT molecular complexity index is 979. The van der Waals surface area contributed by atoms with Gasteiger partial charge in [0.05, 0.1) is 17.7 Å². The second kappa shape index (κ2) is 8.40. The van der Waals surface area contributed by atoms with Crippen LogP contribution in [0.3, 0.4) is 0 Å². The van der Waals surface area contributed by atoms with Crippen LogP contribution in [0.4, 0.5) is 19.0 Å². The van der Waals surface area contributed by atoms with Gasteiger partial charge in [0.25, 0.3) is 0 Å². The molecule has 29 heavy (non-hydrogen) atoms. The number of aromatic nitrogens is 2. The van der Waals surface area contributed by atoms with Gasteiger partial charge in [-0.3, -0.25) is 9.78 Å². The molecule has 3 aromatic rings. The lowest BCUT2D eigenvalue weighted by atomic mass is 10.0.